The lowest BCUT2D eigenvalue weighted by molar-refractivity contribution is 0.391. The second-order valence-corrected chi connectivity index (χ2v) is 3.38. The van der Waals surface area contributed by atoms with Gasteiger partial charge in [0.1, 0.15) is 5.16 Å². The molecule has 10 heavy (non-hydrogen) atoms. The van der Waals surface area contributed by atoms with Crippen molar-refractivity contribution in [2.75, 3.05) is 7.11 Å². The maximum Gasteiger partial charge on any atom is 0.203 e. The van der Waals surface area contributed by atoms with E-state index in [4.69, 9.17) is 16.3 Å². The Morgan fingerprint density at radius 3 is 3.10 bits per heavy atom. The third kappa shape index (κ3) is 1.73. The summed E-state index contributed by atoms with van der Waals surface area (Å²) in [7, 11) is 1.59. The van der Waals surface area contributed by atoms with Gasteiger partial charge in [-0.05, 0) is 12.5 Å². The second kappa shape index (κ2) is 3.39. The lowest BCUT2D eigenvalue weighted by atomic mass is 10.2. The number of aliphatic imine (C=N–C) groups is 1. The number of rotatable bonds is 0. The molecule has 0 aromatic rings. The van der Waals surface area contributed by atoms with Gasteiger partial charge < -0.3 is 4.74 Å². The van der Waals surface area contributed by atoms with Crippen LogP contribution in [0, 0.1) is 0 Å². The molecule has 1 rings (SSSR count). The summed E-state index contributed by atoms with van der Waals surface area (Å²) < 4.78 is 4.95. The molecule has 56 valence electrons. The first-order valence-corrected chi connectivity index (χ1v) is 4.15. The largest absolute Gasteiger partial charge is 0.483 e. The summed E-state index contributed by atoms with van der Waals surface area (Å²) >= 11 is 9.01. The maximum absolute atomic E-state index is 5.63. The average molecular weight is 224 g/mol. The lowest BCUT2D eigenvalue weighted by Crippen LogP contribution is -2.17. The highest BCUT2D eigenvalue weighted by molar-refractivity contribution is 9.10. The summed E-state index contributed by atoms with van der Waals surface area (Å²) in [5.74, 6) is 0.646. The fourth-order valence-electron chi connectivity index (χ4n) is 0.696. The van der Waals surface area contributed by atoms with E-state index < -0.39 is 0 Å². The fourth-order valence-corrected chi connectivity index (χ4v) is 1.34. The number of ether oxygens (including phenoxy) is 1. The van der Waals surface area contributed by atoms with E-state index in [9.17, 15) is 0 Å². The lowest BCUT2D eigenvalue weighted by Gasteiger charge is -2.13. The molecule has 1 aliphatic rings. The van der Waals surface area contributed by atoms with Crippen molar-refractivity contribution >= 4 is 33.4 Å². The van der Waals surface area contributed by atoms with Crippen LogP contribution in [0.1, 0.15) is 6.42 Å². The number of allylic oxidation sites excluding steroid dienone is 1. The summed E-state index contributed by atoms with van der Waals surface area (Å²) in [6, 6.07) is 0. The molecule has 0 saturated heterocycles. The van der Waals surface area contributed by atoms with E-state index in [0.29, 0.717) is 11.1 Å². The normalized spacial score (nSPS) is 25.3. The highest BCUT2D eigenvalue weighted by atomic mass is 79.9. The summed E-state index contributed by atoms with van der Waals surface area (Å²) in [6.07, 6.45) is 2.69. The Morgan fingerprint density at radius 1 is 1.90 bits per heavy atom. The minimum absolute atomic E-state index is 0.181. The number of nitrogens with zero attached hydrogens (tertiary/aromatic N) is 1. The first-order valence-electron chi connectivity index (χ1n) is 2.86. The highest BCUT2D eigenvalue weighted by Crippen LogP contribution is 2.19. The van der Waals surface area contributed by atoms with Crippen molar-refractivity contribution in [1.82, 2.24) is 0 Å². The van der Waals surface area contributed by atoms with Crippen LogP contribution >= 0.6 is 27.5 Å². The van der Waals surface area contributed by atoms with E-state index in [1.807, 2.05) is 6.08 Å². The predicted octanol–water partition coefficient (Wildman–Crippen LogP) is 2.28. The molecule has 0 saturated carbocycles. The van der Waals surface area contributed by atoms with Gasteiger partial charge in [-0.3, -0.25) is 0 Å². The van der Waals surface area contributed by atoms with Gasteiger partial charge in [-0.2, -0.15) is 0 Å². The molecule has 0 aliphatic carbocycles. The number of hydrogen-bond acceptors (Lipinski definition) is 2. The Labute approximate surface area is 73.0 Å². The molecule has 0 spiro atoms. The molecule has 0 N–H and O–H groups in total. The Hall–Kier alpha value is -0.0200. The molecule has 0 amide bonds. The second-order valence-electron chi connectivity index (χ2n) is 1.88. The molecule has 0 aromatic carbocycles. The first-order chi connectivity index (χ1) is 4.74. The highest BCUT2D eigenvalue weighted by Gasteiger charge is 2.15. The Morgan fingerprint density at radius 2 is 2.60 bits per heavy atom. The predicted molar refractivity (Wildman–Crippen MR) is 45.7 cm³/mol. The van der Waals surface area contributed by atoms with Gasteiger partial charge in [0.15, 0.2) is 0 Å². The zero-order valence-electron chi connectivity index (χ0n) is 5.47. The van der Waals surface area contributed by atoms with E-state index >= 15 is 0 Å². The van der Waals surface area contributed by atoms with Crippen molar-refractivity contribution in [1.29, 1.82) is 0 Å². The minimum Gasteiger partial charge on any atom is -0.483 e. The van der Waals surface area contributed by atoms with Crippen LogP contribution in [-0.2, 0) is 4.74 Å². The van der Waals surface area contributed by atoms with Crippen molar-refractivity contribution in [3.63, 3.8) is 0 Å². The van der Waals surface area contributed by atoms with Crippen molar-refractivity contribution in [3.05, 3.63) is 11.2 Å². The molecular formula is C6H7BrClNO. The van der Waals surface area contributed by atoms with Crippen molar-refractivity contribution in [2.45, 2.75) is 11.2 Å². The van der Waals surface area contributed by atoms with Crippen LogP contribution < -0.4 is 0 Å². The van der Waals surface area contributed by atoms with Crippen LogP contribution in [0.4, 0.5) is 0 Å². The number of methoxy groups -OCH3 is 1. The van der Waals surface area contributed by atoms with Gasteiger partial charge in [0.05, 0.1) is 11.9 Å². The van der Waals surface area contributed by atoms with E-state index in [-0.39, 0.29) is 4.83 Å². The molecule has 1 atom stereocenters. The van der Waals surface area contributed by atoms with E-state index in [2.05, 4.69) is 20.9 Å². The monoisotopic (exact) mass is 223 g/mol. The van der Waals surface area contributed by atoms with Crippen molar-refractivity contribution in [2.24, 2.45) is 4.99 Å². The van der Waals surface area contributed by atoms with Crippen LogP contribution in [0.3, 0.4) is 0 Å². The van der Waals surface area contributed by atoms with Gasteiger partial charge in [0.25, 0.3) is 0 Å². The topological polar surface area (TPSA) is 21.6 Å². The molecule has 0 aromatic heterocycles. The quantitative estimate of drug-likeness (QED) is 0.457. The van der Waals surface area contributed by atoms with Gasteiger partial charge in [0, 0.05) is 0 Å². The van der Waals surface area contributed by atoms with E-state index in [1.54, 1.807) is 7.11 Å². The zero-order chi connectivity index (χ0) is 7.56. The minimum atomic E-state index is 0.181. The van der Waals surface area contributed by atoms with Crippen LogP contribution in [0.25, 0.3) is 0 Å². The maximum atomic E-state index is 5.63. The Bertz CT molecular complexity index is 190. The van der Waals surface area contributed by atoms with Gasteiger partial charge in [-0.1, -0.05) is 27.5 Å². The molecule has 2 nitrogen and oxygen atoms in total. The number of hydrogen-bond donors (Lipinski definition) is 0. The van der Waals surface area contributed by atoms with Crippen LogP contribution in [0.5, 0.6) is 0 Å². The first kappa shape index (κ1) is 8.08. The van der Waals surface area contributed by atoms with Crippen LogP contribution in [0.15, 0.2) is 16.2 Å². The van der Waals surface area contributed by atoms with E-state index in [0.717, 1.165) is 6.42 Å². The summed E-state index contributed by atoms with van der Waals surface area (Å²) in [4.78, 5) is 4.14. The zero-order valence-corrected chi connectivity index (χ0v) is 7.82. The Balaban J connectivity index is 2.73. The van der Waals surface area contributed by atoms with Gasteiger partial charge in [-0.25, -0.2) is 4.99 Å². The molecule has 1 aliphatic heterocycles. The van der Waals surface area contributed by atoms with Crippen LogP contribution in [0.2, 0.25) is 0 Å². The van der Waals surface area contributed by atoms with Gasteiger partial charge >= 0.3 is 0 Å². The summed E-state index contributed by atoms with van der Waals surface area (Å²) in [6.45, 7) is 0. The number of halogens is 2. The molecule has 0 radical (unpaired) electrons. The Kier molecular flexibility index (Phi) is 2.74. The van der Waals surface area contributed by atoms with Crippen molar-refractivity contribution in [3.8, 4) is 0 Å². The van der Waals surface area contributed by atoms with Gasteiger partial charge in [0.2, 0.25) is 5.90 Å². The molecule has 0 bridgehead atoms. The fraction of sp³-hybridized carbons (Fsp3) is 0.500. The molecule has 4 heteroatoms. The standard InChI is InChI=1S/C6H7BrClNO/c1-10-6-4(7)2-3-5(8)9-6/h3-4H,2H2,1H3. The molecule has 1 heterocycles. The van der Waals surface area contributed by atoms with Gasteiger partial charge in [-0.15, -0.1) is 0 Å². The SMILES string of the molecule is COC1=NC(Cl)=CCC1Br. The summed E-state index contributed by atoms with van der Waals surface area (Å²) in [5, 5.41) is 0.507. The molecule has 1 unspecified atom stereocenters. The molecule has 0 fully saturated rings. The van der Waals surface area contributed by atoms with Crippen LogP contribution in [-0.4, -0.2) is 17.8 Å². The average Bonchev–Trinajstić information content (AvgIpc) is 1.94. The third-order valence-electron chi connectivity index (χ3n) is 1.19. The molecular weight excluding hydrogens is 217 g/mol. The van der Waals surface area contributed by atoms with Crippen molar-refractivity contribution < 1.29 is 4.74 Å². The third-order valence-corrected chi connectivity index (χ3v) is 2.19. The number of alkyl halides is 1. The smallest absolute Gasteiger partial charge is 0.203 e. The summed E-state index contributed by atoms with van der Waals surface area (Å²) in [5.41, 5.74) is 0. The van der Waals surface area contributed by atoms with E-state index in [1.165, 1.54) is 0 Å².